The van der Waals surface area contributed by atoms with Crippen LogP contribution in [0.2, 0.25) is 0 Å². The average molecular weight is 237 g/mol. The molecule has 4 nitrogen and oxygen atoms in total. The van der Waals surface area contributed by atoms with Crippen molar-refractivity contribution >= 4 is 5.91 Å². The van der Waals surface area contributed by atoms with Crippen LogP contribution in [0.4, 0.5) is 0 Å². The molecule has 0 unspecified atom stereocenters. The Bertz CT molecular complexity index is 397. The number of aliphatic hydroxyl groups excluding tert-OH is 1. The van der Waals surface area contributed by atoms with Crippen LogP contribution in [0.15, 0.2) is 10.5 Å². The summed E-state index contributed by atoms with van der Waals surface area (Å²) in [5.74, 6) is 0.872. The van der Waals surface area contributed by atoms with Crippen molar-refractivity contribution in [2.24, 2.45) is 0 Å². The smallest absolute Gasteiger partial charge is 0.287 e. The highest BCUT2D eigenvalue weighted by atomic mass is 16.3. The molecule has 4 heteroatoms. The lowest BCUT2D eigenvalue weighted by Gasteiger charge is -2.27. The van der Waals surface area contributed by atoms with E-state index in [1.54, 1.807) is 6.07 Å². The van der Waals surface area contributed by atoms with E-state index < -0.39 is 5.54 Å². The van der Waals surface area contributed by atoms with Crippen molar-refractivity contribution in [3.8, 4) is 0 Å². The van der Waals surface area contributed by atoms with Crippen LogP contribution >= 0.6 is 0 Å². The number of amides is 1. The van der Waals surface area contributed by atoms with Gasteiger partial charge in [-0.3, -0.25) is 4.79 Å². The number of rotatable bonds is 3. The summed E-state index contributed by atoms with van der Waals surface area (Å²) in [6.45, 7) is 3.74. The Balaban J connectivity index is 2.10. The molecule has 1 heterocycles. The maximum Gasteiger partial charge on any atom is 0.287 e. The third-order valence-corrected chi connectivity index (χ3v) is 3.63. The second-order valence-electron chi connectivity index (χ2n) is 4.95. The van der Waals surface area contributed by atoms with Crippen molar-refractivity contribution in [2.75, 3.05) is 6.61 Å². The van der Waals surface area contributed by atoms with E-state index in [1.807, 2.05) is 13.8 Å². The third kappa shape index (κ3) is 2.36. The van der Waals surface area contributed by atoms with Gasteiger partial charge in [0, 0.05) is 0 Å². The first-order valence-corrected chi connectivity index (χ1v) is 6.07. The minimum atomic E-state index is -0.439. The fourth-order valence-electron chi connectivity index (χ4n) is 2.36. The Morgan fingerprint density at radius 1 is 1.47 bits per heavy atom. The summed E-state index contributed by atoms with van der Waals surface area (Å²) in [5, 5.41) is 12.3. The second kappa shape index (κ2) is 4.53. The molecule has 1 fully saturated rings. The number of carbonyl (C=O) groups excluding carboxylic acids is 1. The quantitative estimate of drug-likeness (QED) is 0.844. The van der Waals surface area contributed by atoms with Gasteiger partial charge in [0.25, 0.3) is 5.91 Å². The Labute approximate surface area is 101 Å². The molecule has 0 aliphatic heterocycles. The van der Waals surface area contributed by atoms with E-state index in [0.717, 1.165) is 37.0 Å². The predicted molar refractivity (Wildman–Crippen MR) is 63.9 cm³/mol. The first-order chi connectivity index (χ1) is 8.06. The monoisotopic (exact) mass is 237 g/mol. The summed E-state index contributed by atoms with van der Waals surface area (Å²) in [7, 11) is 0. The Morgan fingerprint density at radius 3 is 2.59 bits per heavy atom. The van der Waals surface area contributed by atoms with E-state index >= 15 is 0 Å². The zero-order valence-electron chi connectivity index (χ0n) is 10.4. The molecule has 1 aliphatic rings. The number of carbonyl (C=O) groups is 1. The van der Waals surface area contributed by atoms with Crippen LogP contribution < -0.4 is 5.32 Å². The molecule has 2 N–H and O–H groups in total. The van der Waals surface area contributed by atoms with Crippen LogP contribution in [0, 0.1) is 13.8 Å². The minimum absolute atomic E-state index is 0.00257. The molecule has 2 rings (SSSR count). The molecule has 0 spiro atoms. The van der Waals surface area contributed by atoms with Crippen molar-refractivity contribution in [3.05, 3.63) is 23.2 Å². The largest absolute Gasteiger partial charge is 0.456 e. The summed E-state index contributed by atoms with van der Waals surface area (Å²) in [6, 6.07) is 1.74. The highest BCUT2D eigenvalue weighted by molar-refractivity contribution is 5.92. The van der Waals surface area contributed by atoms with Crippen LogP contribution in [-0.2, 0) is 0 Å². The lowest BCUT2D eigenvalue weighted by Crippen LogP contribution is -2.49. The average Bonchev–Trinajstić information content (AvgIpc) is 2.88. The Morgan fingerprint density at radius 2 is 2.12 bits per heavy atom. The van der Waals surface area contributed by atoms with Gasteiger partial charge in [-0.2, -0.15) is 0 Å². The van der Waals surface area contributed by atoms with Gasteiger partial charge >= 0.3 is 0 Å². The molecule has 1 aromatic heterocycles. The van der Waals surface area contributed by atoms with Crippen LogP contribution in [0.3, 0.4) is 0 Å². The maximum absolute atomic E-state index is 12.0. The first kappa shape index (κ1) is 12.2. The summed E-state index contributed by atoms with van der Waals surface area (Å²) < 4.78 is 5.38. The van der Waals surface area contributed by atoms with Gasteiger partial charge in [-0.25, -0.2) is 0 Å². The molecule has 94 valence electrons. The highest BCUT2D eigenvalue weighted by Crippen LogP contribution is 2.29. The zero-order chi connectivity index (χ0) is 12.5. The molecule has 0 radical (unpaired) electrons. The van der Waals surface area contributed by atoms with Gasteiger partial charge in [0.1, 0.15) is 5.76 Å². The van der Waals surface area contributed by atoms with Crippen molar-refractivity contribution < 1.29 is 14.3 Å². The van der Waals surface area contributed by atoms with Crippen LogP contribution in [0.25, 0.3) is 0 Å². The number of hydrogen-bond acceptors (Lipinski definition) is 3. The molecule has 0 saturated heterocycles. The van der Waals surface area contributed by atoms with Crippen molar-refractivity contribution in [1.29, 1.82) is 0 Å². The Hall–Kier alpha value is -1.29. The van der Waals surface area contributed by atoms with Crippen molar-refractivity contribution in [3.63, 3.8) is 0 Å². The maximum atomic E-state index is 12.0. The fraction of sp³-hybridized carbons (Fsp3) is 0.615. The first-order valence-electron chi connectivity index (χ1n) is 6.07. The van der Waals surface area contributed by atoms with Crippen molar-refractivity contribution in [1.82, 2.24) is 5.32 Å². The van der Waals surface area contributed by atoms with Gasteiger partial charge in [-0.15, -0.1) is 0 Å². The summed E-state index contributed by atoms with van der Waals surface area (Å²) in [4.78, 5) is 12.0. The van der Waals surface area contributed by atoms with Gasteiger partial charge in [-0.05, 0) is 38.3 Å². The predicted octanol–water partition coefficient (Wildman–Crippen LogP) is 1.93. The minimum Gasteiger partial charge on any atom is -0.456 e. The van der Waals surface area contributed by atoms with E-state index in [0.29, 0.717) is 5.76 Å². The zero-order valence-corrected chi connectivity index (χ0v) is 10.4. The number of furan rings is 1. The van der Waals surface area contributed by atoms with E-state index in [1.165, 1.54) is 0 Å². The number of aliphatic hydroxyl groups is 1. The molecular weight excluding hydrogens is 218 g/mol. The molecule has 1 aromatic rings. The van der Waals surface area contributed by atoms with E-state index in [4.69, 9.17) is 4.42 Å². The van der Waals surface area contributed by atoms with Crippen molar-refractivity contribution in [2.45, 2.75) is 45.1 Å². The van der Waals surface area contributed by atoms with Crippen LogP contribution in [0.1, 0.15) is 47.6 Å². The molecule has 0 bridgehead atoms. The van der Waals surface area contributed by atoms with Crippen LogP contribution in [-0.4, -0.2) is 23.2 Å². The molecule has 1 saturated carbocycles. The van der Waals surface area contributed by atoms with E-state index in [2.05, 4.69) is 5.32 Å². The van der Waals surface area contributed by atoms with Crippen LogP contribution in [0.5, 0.6) is 0 Å². The standard InChI is InChI=1S/C13H19NO3/c1-9-7-11(17-10(9)2)12(16)14-13(8-15)5-3-4-6-13/h7,15H,3-6,8H2,1-2H3,(H,14,16). The molecule has 0 aromatic carbocycles. The lowest BCUT2D eigenvalue weighted by atomic mass is 9.99. The van der Waals surface area contributed by atoms with Gasteiger partial charge in [0.05, 0.1) is 12.1 Å². The number of aryl methyl sites for hydroxylation is 2. The summed E-state index contributed by atoms with van der Waals surface area (Å²) in [6.07, 6.45) is 3.79. The highest BCUT2D eigenvalue weighted by Gasteiger charge is 2.35. The third-order valence-electron chi connectivity index (χ3n) is 3.63. The van der Waals surface area contributed by atoms with E-state index in [9.17, 15) is 9.90 Å². The van der Waals surface area contributed by atoms with Gasteiger partial charge in [0.15, 0.2) is 5.76 Å². The normalized spacial score (nSPS) is 18.3. The summed E-state index contributed by atoms with van der Waals surface area (Å²) >= 11 is 0. The molecule has 1 aliphatic carbocycles. The molecular formula is C13H19NO3. The molecule has 0 atom stereocenters. The van der Waals surface area contributed by atoms with Gasteiger partial charge in [0.2, 0.25) is 0 Å². The molecule has 1 amide bonds. The lowest BCUT2D eigenvalue weighted by molar-refractivity contribution is 0.0809. The van der Waals surface area contributed by atoms with E-state index in [-0.39, 0.29) is 12.5 Å². The SMILES string of the molecule is Cc1cc(C(=O)NC2(CO)CCCC2)oc1C. The second-order valence-corrected chi connectivity index (χ2v) is 4.95. The fourth-order valence-corrected chi connectivity index (χ4v) is 2.36. The molecule has 17 heavy (non-hydrogen) atoms. The van der Waals surface area contributed by atoms with Gasteiger partial charge < -0.3 is 14.8 Å². The Kier molecular flexibility index (Phi) is 3.24. The topological polar surface area (TPSA) is 62.5 Å². The van der Waals surface area contributed by atoms with Gasteiger partial charge in [-0.1, -0.05) is 12.8 Å². The number of nitrogens with one attached hydrogen (secondary N) is 1. The number of hydrogen-bond donors (Lipinski definition) is 2. The summed E-state index contributed by atoms with van der Waals surface area (Å²) in [5.41, 5.74) is 0.533.